The van der Waals surface area contributed by atoms with Crippen LogP contribution in [-0.4, -0.2) is 30.7 Å². The maximum Gasteiger partial charge on any atom is 0.251 e. The first-order valence-corrected chi connectivity index (χ1v) is 7.64. The monoisotopic (exact) mass is 280 g/mol. The van der Waals surface area contributed by atoms with Crippen LogP contribution in [0.2, 0.25) is 0 Å². The number of rotatable bonds is 6. The molecule has 0 bridgehead atoms. The van der Waals surface area contributed by atoms with Crippen LogP contribution < -0.4 is 10.6 Å². The molecule has 1 atom stereocenters. The summed E-state index contributed by atoms with van der Waals surface area (Å²) >= 11 is 1.70. The van der Waals surface area contributed by atoms with Gasteiger partial charge in [0.2, 0.25) is 5.91 Å². The van der Waals surface area contributed by atoms with Crippen LogP contribution >= 0.6 is 11.8 Å². The van der Waals surface area contributed by atoms with E-state index in [1.54, 1.807) is 24.8 Å². The molecule has 0 saturated heterocycles. The number of amides is 2. The number of hydrogen-bond donors (Lipinski definition) is 2. The van der Waals surface area contributed by atoms with Crippen molar-refractivity contribution in [3.63, 3.8) is 0 Å². The zero-order chi connectivity index (χ0) is 14.3. The van der Waals surface area contributed by atoms with Crippen LogP contribution in [0.5, 0.6) is 0 Å². The molecule has 2 N–H and O–H groups in total. The van der Waals surface area contributed by atoms with Gasteiger partial charge in [0.25, 0.3) is 5.91 Å². The van der Waals surface area contributed by atoms with Crippen LogP contribution in [0.4, 0.5) is 0 Å². The number of benzene rings is 1. The third-order valence-corrected chi connectivity index (χ3v) is 3.21. The lowest BCUT2D eigenvalue weighted by Gasteiger charge is -2.13. The second kappa shape index (κ2) is 7.84. The van der Waals surface area contributed by atoms with E-state index in [0.29, 0.717) is 12.1 Å². The van der Waals surface area contributed by atoms with E-state index in [4.69, 9.17) is 0 Å². The summed E-state index contributed by atoms with van der Waals surface area (Å²) in [6.45, 7) is 4.08. The Hall–Kier alpha value is -1.49. The second-order valence-electron chi connectivity index (χ2n) is 4.22. The van der Waals surface area contributed by atoms with Crippen molar-refractivity contribution in [2.45, 2.75) is 25.6 Å². The normalized spacial score (nSPS) is 11.7. The molecule has 104 valence electrons. The predicted molar refractivity (Wildman–Crippen MR) is 79.3 cm³/mol. The van der Waals surface area contributed by atoms with Crippen LogP contribution in [0.1, 0.15) is 29.8 Å². The Morgan fingerprint density at radius 1 is 1.37 bits per heavy atom. The average Bonchev–Trinajstić information content (AvgIpc) is 2.39. The Morgan fingerprint density at radius 3 is 2.74 bits per heavy atom. The number of thioether (sulfide) groups is 1. The molecule has 19 heavy (non-hydrogen) atoms. The fraction of sp³-hybridized carbons (Fsp3) is 0.429. The van der Waals surface area contributed by atoms with E-state index < -0.39 is 6.04 Å². The van der Waals surface area contributed by atoms with Crippen molar-refractivity contribution in [3.8, 4) is 0 Å². The van der Waals surface area contributed by atoms with E-state index in [2.05, 4.69) is 10.6 Å². The number of carbonyl (C=O) groups is 2. The molecule has 0 heterocycles. The van der Waals surface area contributed by atoms with Crippen LogP contribution in [0.3, 0.4) is 0 Å². The van der Waals surface area contributed by atoms with Crippen molar-refractivity contribution in [1.29, 1.82) is 0 Å². The van der Waals surface area contributed by atoms with E-state index in [9.17, 15) is 9.59 Å². The number of nitrogens with one attached hydrogen (secondary N) is 2. The van der Waals surface area contributed by atoms with Crippen molar-refractivity contribution < 1.29 is 9.59 Å². The summed E-state index contributed by atoms with van der Waals surface area (Å²) in [6.07, 6.45) is 2.02. The van der Waals surface area contributed by atoms with Gasteiger partial charge >= 0.3 is 0 Å². The first-order chi connectivity index (χ1) is 9.08. The van der Waals surface area contributed by atoms with Crippen LogP contribution in [0.15, 0.2) is 24.3 Å². The van der Waals surface area contributed by atoms with Crippen molar-refractivity contribution in [2.24, 2.45) is 0 Å². The molecule has 0 saturated carbocycles. The van der Waals surface area contributed by atoms with E-state index in [0.717, 1.165) is 11.3 Å². The van der Waals surface area contributed by atoms with Gasteiger partial charge in [-0.1, -0.05) is 12.1 Å². The fourth-order valence-electron chi connectivity index (χ4n) is 1.64. The summed E-state index contributed by atoms with van der Waals surface area (Å²) in [6, 6.07) is 6.93. The first kappa shape index (κ1) is 15.6. The minimum absolute atomic E-state index is 0.170. The Bertz CT molecular complexity index is 449. The first-order valence-electron chi connectivity index (χ1n) is 6.25. The molecule has 4 nitrogen and oxygen atoms in total. The Balaban J connectivity index is 2.67. The van der Waals surface area contributed by atoms with E-state index in [-0.39, 0.29) is 11.8 Å². The van der Waals surface area contributed by atoms with Crippen molar-refractivity contribution in [3.05, 3.63) is 35.4 Å². The van der Waals surface area contributed by atoms with Gasteiger partial charge in [-0.2, -0.15) is 11.8 Å². The van der Waals surface area contributed by atoms with Crippen LogP contribution in [0, 0.1) is 0 Å². The largest absolute Gasteiger partial charge is 0.355 e. The molecule has 0 aliphatic carbocycles. The van der Waals surface area contributed by atoms with Gasteiger partial charge in [0, 0.05) is 17.9 Å². The summed E-state index contributed by atoms with van der Waals surface area (Å²) in [5, 5.41) is 5.37. The van der Waals surface area contributed by atoms with Crippen LogP contribution in [-0.2, 0) is 10.5 Å². The zero-order valence-electron chi connectivity index (χ0n) is 11.5. The zero-order valence-corrected chi connectivity index (χ0v) is 12.3. The molecule has 5 heteroatoms. The molecule has 1 aromatic rings. The third kappa shape index (κ3) is 4.95. The van der Waals surface area contributed by atoms with Gasteiger partial charge in [-0.3, -0.25) is 9.59 Å². The van der Waals surface area contributed by atoms with Crippen LogP contribution in [0.25, 0.3) is 0 Å². The summed E-state index contributed by atoms with van der Waals surface area (Å²) < 4.78 is 0. The highest BCUT2D eigenvalue weighted by Gasteiger charge is 2.15. The lowest BCUT2D eigenvalue weighted by atomic mass is 10.1. The van der Waals surface area contributed by atoms with Gasteiger partial charge < -0.3 is 10.6 Å². The molecule has 0 fully saturated rings. The Morgan fingerprint density at radius 2 is 2.11 bits per heavy atom. The summed E-state index contributed by atoms with van der Waals surface area (Å²) in [7, 11) is 0. The molecule has 0 aliphatic heterocycles. The van der Waals surface area contributed by atoms with Gasteiger partial charge in [0.15, 0.2) is 0 Å². The number of hydrogen-bond acceptors (Lipinski definition) is 3. The SMILES string of the molecule is CCNC(=O)[C@H](C)NC(=O)c1cccc(CSC)c1. The van der Waals surface area contributed by atoms with Crippen molar-refractivity contribution >= 4 is 23.6 Å². The molecule has 0 aliphatic rings. The molecular weight excluding hydrogens is 260 g/mol. The van der Waals surface area contributed by atoms with Gasteiger partial charge in [-0.25, -0.2) is 0 Å². The maximum absolute atomic E-state index is 12.0. The molecular formula is C14H20N2O2S. The number of carbonyl (C=O) groups excluding carboxylic acids is 2. The maximum atomic E-state index is 12.0. The highest BCUT2D eigenvalue weighted by Crippen LogP contribution is 2.11. The summed E-state index contributed by atoms with van der Waals surface area (Å²) in [5.74, 6) is 0.477. The van der Waals surface area contributed by atoms with E-state index in [1.165, 1.54) is 0 Å². The molecule has 2 amide bonds. The second-order valence-corrected chi connectivity index (χ2v) is 5.09. The molecule has 1 rings (SSSR count). The highest BCUT2D eigenvalue weighted by atomic mass is 32.2. The predicted octanol–water partition coefficient (Wildman–Crippen LogP) is 1.80. The smallest absolute Gasteiger partial charge is 0.251 e. The van der Waals surface area contributed by atoms with Gasteiger partial charge in [-0.15, -0.1) is 0 Å². The fourth-order valence-corrected chi connectivity index (χ4v) is 2.15. The topological polar surface area (TPSA) is 58.2 Å². The van der Waals surface area contributed by atoms with Crippen molar-refractivity contribution in [1.82, 2.24) is 10.6 Å². The molecule has 0 radical (unpaired) electrons. The summed E-state index contributed by atoms with van der Waals surface area (Å²) in [5.41, 5.74) is 1.69. The van der Waals surface area contributed by atoms with Gasteiger partial charge in [-0.05, 0) is 37.8 Å². The summed E-state index contributed by atoms with van der Waals surface area (Å²) in [4.78, 5) is 23.6. The van der Waals surface area contributed by atoms with Crippen molar-refractivity contribution in [2.75, 3.05) is 12.8 Å². The third-order valence-electron chi connectivity index (χ3n) is 2.59. The Kier molecular flexibility index (Phi) is 6.42. The minimum Gasteiger partial charge on any atom is -0.355 e. The molecule has 0 spiro atoms. The highest BCUT2D eigenvalue weighted by molar-refractivity contribution is 7.97. The van der Waals surface area contributed by atoms with E-state index in [1.807, 2.05) is 31.4 Å². The number of likely N-dealkylation sites (N-methyl/N-ethyl adjacent to an activating group) is 1. The molecule has 0 aromatic heterocycles. The quantitative estimate of drug-likeness (QED) is 0.835. The molecule has 0 unspecified atom stereocenters. The van der Waals surface area contributed by atoms with E-state index >= 15 is 0 Å². The standard InChI is InChI=1S/C14H20N2O2S/c1-4-15-13(17)10(2)16-14(18)12-7-5-6-11(8-12)9-19-3/h5-8,10H,4,9H2,1-3H3,(H,15,17)(H,16,18)/t10-/m0/s1. The lowest BCUT2D eigenvalue weighted by Crippen LogP contribution is -2.44. The minimum atomic E-state index is -0.531. The Labute approximate surface area is 118 Å². The van der Waals surface area contributed by atoms with Gasteiger partial charge in [0.1, 0.15) is 6.04 Å². The molecule has 1 aromatic carbocycles. The van der Waals surface area contributed by atoms with Gasteiger partial charge in [0.05, 0.1) is 0 Å². The average molecular weight is 280 g/mol. The lowest BCUT2D eigenvalue weighted by molar-refractivity contribution is -0.122.